The summed E-state index contributed by atoms with van der Waals surface area (Å²) >= 11 is 0. The van der Waals surface area contributed by atoms with Crippen molar-refractivity contribution in [1.82, 2.24) is 9.78 Å². The first-order valence-corrected chi connectivity index (χ1v) is 5.71. The highest BCUT2D eigenvalue weighted by molar-refractivity contribution is 5.85. The van der Waals surface area contributed by atoms with Crippen LogP contribution in [0.5, 0.6) is 0 Å². The molecule has 5 heteroatoms. The molecule has 0 fully saturated rings. The molecular formula is C13H15N3O2. The third-order valence-corrected chi connectivity index (χ3v) is 2.72. The second kappa shape index (κ2) is 5.01. The molecule has 0 aliphatic carbocycles. The van der Waals surface area contributed by atoms with Crippen LogP contribution in [0.4, 0.5) is 0 Å². The fraction of sp³-hybridized carbons (Fsp3) is 0.231. The molecule has 1 aromatic heterocycles. The number of benzene rings is 1. The predicted octanol–water partition coefficient (Wildman–Crippen LogP) is 1.38. The number of nitrogens with two attached hydrogens (primary N) is 1. The standard InChI is InChI=1S/C13H15N3O2/c1-9-8-12(13(17)18)15-16(9)11-4-2-10(3-5-11)6-7-14/h2-5,8H,6-7,14H2,1H3,(H,17,18). The van der Waals surface area contributed by atoms with Crippen molar-refractivity contribution in [2.75, 3.05) is 6.54 Å². The Morgan fingerprint density at radius 1 is 1.39 bits per heavy atom. The summed E-state index contributed by atoms with van der Waals surface area (Å²) in [5, 5.41) is 12.9. The van der Waals surface area contributed by atoms with E-state index in [2.05, 4.69) is 5.10 Å². The highest BCUT2D eigenvalue weighted by atomic mass is 16.4. The summed E-state index contributed by atoms with van der Waals surface area (Å²) in [7, 11) is 0. The van der Waals surface area contributed by atoms with Crippen molar-refractivity contribution in [2.45, 2.75) is 13.3 Å². The Morgan fingerprint density at radius 3 is 2.56 bits per heavy atom. The number of aryl methyl sites for hydroxylation is 1. The molecule has 0 saturated heterocycles. The van der Waals surface area contributed by atoms with E-state index in [1.54, 1.807) is 10.7 Å². The maximum atomic E-state index is 10.8. The van der Waals surface area contributed by atoms with Crippen LogP contribution >= 0.6 is 0 Å². The second-order valence-corrected chi connectivity index (χ2v) is 4.09. The van der Waals surface area contributed by atoms with E-state index in [4.69, 9.17) is 10.8 Å². The second-order valence-electron chi connectivity index (χ2n) is 4.09. The first-order valence-electron chi connectivity index (χ1n) is 5.71. The average Bonchev–Trinajstić information content (AvgIpc) is 2.73. The van der Waals surface area contributed by atoms with Gasteiger partial charge in [0.15, 0.2) is 5.69 Å². The molecule has 0 saturated carbocycles. The number of carboxylic acids is 1. The van der Waals surface area contributed by atoms with Crippen LogP contribution in [0.15, 0.2) is 30.3 Å². The minimum absolute atomic E-state index is 0.0542. The first-order chi connectivity index (χ1) is 8.61. The molecule has 0 unspecified atom stereocenters. The molecule has 0 spiro atoms. The third kappa shape index (κ3) is 2.41. The summed E-state index contributed by atoms with van der Waals surface area (Å²) in [6.45, 7) is 2.44. The van der Waals surface area contributed by atoms with Crippen molar-refractivity contribution in [3.8, 4) is 5.69 Å². The maximum Gasteiger partial charge on any atom is 0.356 e. The van der Waals surface area contributed by atoms with E-state index < -0.39 is 5.97 Å². The van der Waals surface area contributed by atoms with Crippen molar-refractivity contribution >= 4 is 5.97 Å². The molecule has 0 radical (unpaired) electrons. The van der Waals surface area contributed by atoms with E-state index in [1.807, 2.05) is 31.2 Å². The number of rotatable bonds is 4. The molecule has 5 nitrogen and oxygen atoms in total. The monoisotopic (exact) mass is 245 g/mol. The Balaban J connectivity index is 2.33. The fourth-order valence-electron chi connectivity index (χ4n) is 1.81. The van der Waals surface area contributed by atoms with Crippen LogP contribution in [0.3, 0.4) is 0 Å². The van der Waals surface area contributed by atoms with Gasteiger partial charge in [0, 0.05) is 5.69 Å². The van der Waals surface area contributed by atoms with Crippen LogP contribution in [-0.4, -0.2) is 27.4 Å². The molecule has 3 N–H and O–H groups in total. The van der Waals surface area contributed by atoms with Gasteiger partial charge in [-0.05, 0) is 43.7 Å². The Kier molecular flexibility index (Phi) is 3.43. The normalized spacial score (nSPS) is 10.6. The number of hydrogen-bond acceptors (Lipinski definition) is 3. The topological polar surface area (TPSA) is 81.1 Å². The summed E-state index contributed by atoms with van der Waals surface area (Å²) in [6, 6.07) is 9.33. The zero-order valence-electron chi connectivity index (χ0n) is 10.1. The number of hydrogen-bond donors (Lipinski definition) is 2. The smallest absolute Gasteiger partial charge is 0.356 e. The van der Waals surface area contributed by atoms with Crippen molar-refractivity contribution in [1.29, 1.82) is 0 Å². The van der Waals surface area contributed by atoms with Crippen molar-refractivity contribution in [3.63, 3.8) is 0 Å². The molecule has 0 amide bonds. The maximum absolute atomic E-state index is 10.8. The van der Waals surface area contributed by atoms with Crippen LogP contribution in [0.2, 0.25) is 0 Å². The summed E-state index contributed by atoms with van der Waals surface area (Å²) < 4.78 is 1.62. The van der Waals surface area contributed by atoms with Crippen LogP contribution in [0.25, 0.3) is 5.69 Å². The van der Waals surface area contributed by atoms with E-state index in [1.165, 1.54) is 0 Å². The summed E-state index contributed by atoms with van der Waals surface area (Å²) in [5.74, 6) is -1.02. The van der Waals surface area contributed by atoms with Gasteiger partial charge in [-0.3, -0.25) is 0 Å². The first kappa shape index (κ1) is 12.3. The summed E-state index contributed by atoms with van der Waals surface area (Å²) in [4.78, 5) is 10.8. The Labute approximate surface area is 105 Å². The molecule has 0 bridgehead atoms. The van der Waals surface area contributed by atoms with E-state index in [9.17, 15) is 4.79 Å². The number of carboxylic acid groups (broad SMARTS) is 1. The van der Waals surface area contributed by atoms with Crippen molar-refractivity contribution in [3.05, 3.63) is 47.3 Å². The Hall–Kier alpha value is -2.14. The van der Waals surface area contributed by atoms with Crippen LogP contribution in [0, 0.1) is 6.92 Å². The lowest BCUT2D eigenvalue weighted by molar-refractivity contribution is 0.0690. The fourth-order valence-corrected chi connectivity index (χ4v) is 1.81. The largest absolute Gasteiger partial charge is 0.476 e. The molecule has 0 aliphatic heterocycles. The Bertz CT molecular complexity index is 558. The van der Waals surface area contributed by atoms with Gasteiger partial charge < -0.3 is 10.8 Å². The summed E-state index contributed by atoms with van der Waals surface area (Å²) in [5.41, 5.74) is 8.34. The van der Waals surface area contributed by atoms with Crippen LogP contribution < -0.4 is 5.73 Å². The van der Waals surface area contributed by atoms with Gasteiger partial charge in [-0.25, -0.2) is 9.48 Å². The lowest BCUT2D eigenvalue weighted by atomic mass is 10.1. The molecule has 1 aromatic carbocycles. The van der Waals surface area contributed by atoms with Gasteiger partial charge in [0.25, 0.3) is 0 Å². The van der Waals surface area contributed by atoms with Crippen molar-refractivity contribution < 1.29 is 9.90 Å². The van der Waals surface area contributed by atoms with Gasteiger partial charge in [-0.2, -0.15) is 5.10 Å². The van der Waals surface area contributed by atoms with Crippen molar-refractivity contribution in [2.24, 2.45) is 5.73 Å². The minimum Gasteiger partial charge on any atom is -0.476 e. The van der Waals surface area contributed by atoms with Crippen LogP contribution in [0.1, 0.15) is 21.7 Å². The van der Waals surface area contributed by atoms with Gasteiger partial charge in [0.2, 0.25) is 0 Å². The van der Waals surface area contributed by atoms with E-state index >= 15 is 0 Å². The third-order valence-electron chi connectivity index (χ3n) is 2.72. The number of carbonyl (C=O) groups is 1. The zero-order valence-corrected chi connectivity index (χ0v) is 10.1. The molecule has 2 aromatic rings. The molecule has 18 heavy (non-hydrogen) atoms. The molecule has 2 rings (SSSR count). The quantitative estimate of drug-likeness (QED) is 0.852. The lowest BCUT2D eigenvalue weighted by Gasteiger charge is -2.05. The molecule has 1 heterocycles. The van der Waals surface area contributed by atoms with Gasteiger partial charge in [0.05, 0.1) is 5.69 Å². The highest BCUT2D eigenvalue weighted by Gasteiger charge is 2.11. The van der Waals surface area contributed by atoms with Crippen LogP contribution in [-0.2, 0) is 6.42 Å². The highest BCUT2D eigenvalue weighted by Crippen LogP contribution is 2.13. The minimum atomic E-state index is -1.02. The number of aromatic nitrogens is 2. The van der Waals surface area contributed by atoms with E-state index in [-0.39, 0.29) is 5.69 Å². The molecule has 0 atom stereocenters. The SMILES string of the molecule is Cc1cc(C(=O)O)nn1-c1ccc(CCN)cc1. The zero-order chi connectivity index (χ0) is 13.1. The van der Waals surface area contributed by atoms with Gasteiger partial charge in [-0.1, -0.05) is 12.1 Å². The summed E-state index contributed by atoms with van der Waals surface area (Å²) in [6.07, 6.45) is 0.832. The molecule has 0 aliphatic rings. The molecular weight excluding hydrogens is 230 g/mol. The number of nitrogens with zero attached hydrogens (tertiary/aromatic N) is 2. The van der Waals surface area contributed by atoms with E-state index in [0.717, 1.165) is 23.4 Å². The van der Waals surface area contributed by atoms with Gasteiger partial charge >= 0.3 is 5.97 Å². The lowest BCUT2D eigenvalue weighted by Crippen LogP contribution is -2.04. The number of aromatic carboxylic acids is 1. The average molecular weight is 245 g/mol. The molecule has 94 valence electrons. The van der Waals surface area contributed by atoms with Gasteiger partial charge in [-0.15, -0.1) is 0 Å². The Morgan fingerprint density at radius 2 is 2.06 bits per heavy atom. The van der Waals surface area contributed by atoms with Gasteiger partial charge in [0.1, 0.15) is 0 Å². The van der Waals surface area contributed by atoms with E-state index in [0.29, 0.717) is 6.54 Å². The predicted molar refractivity (Wildman–Crippen MR) is 68.0 cm³/mol.